The van der Waals surface area contributed by atoms with Crippen molar-refractivity contribution in [3.05, 3.63) is 0 Å². The molecule has 0 aromatic rings. The third kappa shape index (κ3) is 1.60. The molecular formula is C8H14N4OS. The topological polar surface area (TPSA) is 70.4 Å². The number of nitrogens with zero attached hydrogens (tertiary/aromatic N) is 1. The molecule has 14 heavy (non-hydrogen) atoms. The summed E-state index contributed by atoms with van der Waals surface area (Å²) in [6.07, 6.45) is 2.42. The third-order valence-electron chi connectivity index (χ3n) is 2.95. The molecule has 5 nitrogen and oxygen atoms in total. The number of carbonyl (C=O) groups excluding carboxylic acids is 1. The zero-order chi connectivity index (χ0) is 10.3. The van der Waals surface area contributed by atoms with Gasteiger partial charge in [0.15, 0.2) is 0 Å². The van der Waals surface area contributed by atoms with E-state index in [1.54, 1.807) is 0 Å². The highest BCUT2D eigenvalue weighted by molar-refractivity contribution is 7.80. The van der Waals surface area contributed by atoms with E-state index < -0.39 is 0 Å². The van der Waals surface area contributed by atoms with Crippen molar-refractivity contribution in [2.75, 3.05) is 0 Å². The molecule has 2 unspecified atom stereocenters. The summed E-state index contributed by atoms with van der Waals surface area (Å²) in [5.41, 5.74) is 5.65. The normalized spacial score (nSPS) is 30.1. The average Bonchev–Trinajstić information content (AvgIpc) is 2.97. The molecule has 1 saturated carbocycles. The Kier molecular flexibility index (Phi) is 2.42. The summed E-state index contributed by atoms with van der Waals surface area (Å²) in [5, 5.41) is 1.24. The number of hydrazine groups is 2. The number of nitrogens with two attached hydrogens (primary N) is 1. The quantitative estimate of drug-likeness (QED) is 0.328. The summed E-state index contributed by atoms with van der Waals surface area (Å²) in [4.78, 5) is 11.7. The highest BCUT2D eigenvalue weighted by atomic mass is 32.1. The van der Waals surface area contributed by atoms with Gasteiger partial charge in [-0.3, -0.25) is 10.2 Å². The summed E-state index contributed by atoms with van der Waals surface area (Å²) in [5.74, 6) is 6.33. The maximum atomic E-state index is 11.7. The second-order valence-corrected chi connectivity index (χ2v) is 4.34. The van der Waals surface area contributed by atoms with Gasteiger partial charge in [-0.1, -0.05) is 6.92 Å². The van der Waals surface area contributed by atoms with Crippen molar-refractivity contribution < 1.29 is 4.79 Å². The van der Waals surface area contributed by atoms with Crippen LogP contribution in [-0.4, -0.2) is 22.1 Å². The molecule has 0 radical (unpaired) electrons. The first-order valence-electron chi connectivity index (χ1n) is 4.75. The molecule has 2 fully saturated rings. The molecule has 78 valence electrons. The molecule has 0 aromatic carbocycles. The van der Waals surface area contributed by atoms with Crippen molar-refractivity contribution >= 4 is 23.2 Å². The molecule has 0 spiro atoms. The minimum absolute atomic E-state index is 0.145. The first-order valence-corrected chi connectivity index (χ1v) is 5.16. The number of hydrogen-bond donors (Lipinski definition) is 3. The maximum absolute atomic E-state index is 11.7. The second-order valence-electron chi connectivity index (χ2n) is 3.96. The molecule has 2 atom stereocenters. The van der Waals surface area contributed by atoms with Gasteiger partial charge in [-0.25, -0.2) is 16.3 Å². The minimum Gasteiger partial charge on any atom is -0.296 e. The molecule has 1 aliphatic carbocycles. The number of hydrogen-bond acceptors (Lipinski definition) is 4. The van der Waals surface area contributed by atoms with Crippen LogP contribution in [0.25, 0.3) is 0 Å². The van der Waals surface area contributed by atoms with E-state index in [0.29, 0.717) is 11.8 Å². The van der Waals surface area contributed by atoms with Gasteiger partial charge in [-0.15, -0.1) is 0 Å². The van der Waals surface area contributed by atoms with Crippen LogP contribution in [0.5, 0.6) is 0 Å². The van der Waals surface area contributed by atoms with Gasteiger partial charge in [0, 0.05) is 0 Å². The van der Waals surface area contributed by atoms with Crippen LogP contribution in [0.15, 0.2) is 0 Å². The molecule has 2 aliphatic rings. The Balaban J connectivity index is 2.05. The first kappa shape index (κ1) is 9.82. The number of rotatable bonds is 2. The molecule has 1 heterocycles. The smallest absolute Gasteiger partial charge is 0.262 e. The molecule has 1 saturated heterocycles. The van der Waals surface area contributed by atoms with Gasteiger partial charge in [0.2, 0.25) is 5.11 Å². The van der Waals surface area contributed by atoms with E-state index in [1.807, 2.05) is 0 Å². The zero-order valence-electron chi connectivity index (χ0n) is 7.99. The molecule has 6 heteroatoms. The molecule has 0 aromatic heterocycles. The number of nitrogens with one attached hydrogen (secondary N) is 2. The lowest BCUT2D eigenvalue weighted by Gasteiger charge is -2.34. The lowest BCUT2D eigenvalue weighted by Crippen LogP contribution is -2.67. The van der Waals surface area contributed by atoms with E-state index in [-0.39, 0.29) is 17.1 Å². The third-order valence-corrected chi connectivity index (χ3v) is 3.25. The second kappa shape index (κ2) is 3.45. The fraction of sp³-hybridized carbons (Fsp3) is 0.750. The van der Waals surface area contributed by atoms with E-state index in [2.05, 4.69) is 17.8 Å². The Hall–Kier alpha value is -0.720. The van der Waals surface area contributed by atoms with Crippen molar-refractivity contribution in [3.63, 3.8) is 0 Å². The lowest BCUT2D eigenvalue weighted by atomic mass is 9.96. The lowest BCUT2D eigenvalue weighted by molar-refractivity contribution is -0.133. The highest BCUT2D eigenvalue weighted by Crippen LogP contribution is 2.38. The standard InChI is InChI=1S/C8H14N4OS/c1-4(5-2-3-5)6-7(13)12(9)8(14)11-10-6/h4-6,10H,2-3,9H2,1H3,(H,11,14). The van der Waals surface area contributed by atoms with Crippen LogP contribution in [0.3, 0.4) is 0 Å². The highest BCUT2D eigenvalue weighted by Gasteiger charge is 2.40. The number of carbonyl (C=O) groups is 1. The molecule has 1 aliphatic heterocycles. The van der Waals surface area contributed by atoms with Gasteiger partial charge in [0.25, 0.3) is 5.91 Å². The van der Waals surface area contributed by atoms with Crippen LogP contribution in [0.2, 0.25) is 0 Å². The van der Waals surface area contributed by atoms with Crippen molar-refractivity contribution in [1.29, 1.82) is 0 Å². The predicted octanol–water partition coefficient (Wildman–Crippen LogP) is -0.504. The molecule has 0 bridgehead atoms. The summed E-state index contributed by atoms with van der Waals surface area (Å²) in [6.45, 7) is 2.07. The van der Waals surface area contributed by atoms with Crippen LogP contribution >= 0.6 is 12.2 Å². The van der Waals surface area contributed by atoms with Gasteiger partial charge in [0.05, 0.1) is 0 Å². The van der Waals surface area contributed by atoms with Gasteiger partial charge >= 0.3 is 0 Å². The van der Waals surface area contributed by atoms with Crippen LogP contribution in [-0.2, 0) is 4.79 Å². The Morgan fingerprint density at radius 1 is 1.64 bits per heavy atom. The summed E-state index contributed by atoms with van der Waals surface area (Å²) in [6, 6.07) is -0.251. The number of amides is 1. The van der Waals surface area contributed by atoms with E-state index >= 15 is 0 Å². The van der Waals surface area contributed by atoms with Crippen LogP contribution < -0.4 is 16.7 Å². The van der Waals surface area contributed by atoms with Crippen molar-refractivity contribution in [2.24, 2.45) is 17.7 Å². The summed E-state index contributed by atoms with van der Waals surface area (Å²) in [7, 11) is 0. The van der Waals surface area contributed by atoms with E-state index in [9.17, 15) is 4.79 Å². The maximum Gasteiger partial charge on any atom is 0.262 e. The van der Waals surface area contributed by atoms with Crippen molar-refractivity contribution in [1.82, 2.24) is 15.9 Å². The molecule has 4 N–H and O–H groups in total. The average molecular weight is 214 g/mol. The predicted molar refractivity (Wildman–Crippen MR) is 55.6 cm³/mol. The van der Waals surface area contributed by atoms with E-state index in [4.69, 9.17) is 18.1 Å². The monoisotopic (exact) mass is 214 g/mol. The van der Waals surface area contributed by atoms with E-state index in [0.717, 1.165) is 5.01 Å². The largest absolute Gasteiger partial charge is 0.296 e. The van der Waals surface area contributed by atoms with Crippen LogP contribution in [0.4, 0.5) is 0 Å². The van der Waals surface area contributed by atoms with Gasteiger partial charge in [0.1, 0.15) is 6.04 Å². The van der Waals surface area contributed by atoms with Gasteiger partial charge < -0.3 is 0 Å². The Labute approximate surface area is 87.9 Å². The minimum atomic E-state index is -0.251. The van der Waals surface area contributed by atoms with Crippen molar-refractivity contribution in [2.45, 2.75) is 25.8 Å². The first-order chi connectivity index (χ1) is 6.61. The summed E-state index contributed by atoms with van der Waals surface area (Å²) < 4.78 is 0. The van der Waals surface area contributed by atoms with Crippen molar-refractivity contribution in [3.8, 4) is 0 Å². The fourth-order valence-electron chi connectivity index (χ4n) is 1.76. The zero-order valence-corrected chi connectivity index (χ0v) is 8.80. The van der Waals surface area contributed by atoms with Gasteiger partial charge in [-0.05, 0) is 36.9 Å². The van der Waals surface area contributed by atoms with Crippen LogP contribution in [0.1, 0.15) is 19.8 Å². The molecule has 1 amide bonds. The Morgan fingerprint density at radius 3 is 2.86 bits per heavy atom. The molecule has 2 rings (SSSR count). The number of thiocarbonyl (C=S) groups is 1. The Bertz CT molecular complexity index is 279. The van der Waals surface area contributed by atoms with Crippen LogP contribution in [0, 0.1) is 11.8 Å². The SMILES string of the molecule is CC(C1CC1)C1NNC(=S)N(N)C1=O. The Morgan fingerprint density at radius 2 is 2.29 bits per heavy atom. The van der Waals surface area contributed by atoms with Gasteiger partial charge in [-0.2, -0.15) is 0 Å². The summed E-state index contributed by atoms with van der Waals surface area (Å²) >= 11 is 4.83. The fourth-order valence-corrected chi connectivity index (χ4v) is 1.91. The molecular weight excluding hydrogens is 200 g/mol. The van der Waals surface area contributed by atoms with E-state index in [1.165, 1.54) is 12.8 Å².